The maximum absolute atomic E-state index is 12.6. The highest BCUT2D eigenvalue weighted by Gasteiger charge is 2.27. The Morgan fingerprint density at radius 3 is 2.57 bits per heavy atom. The van der Waals surface area contributed by atoms with Crippen LogP contribution in [-0.4, -0.2) is 52.6 Å². The molecule has 0 bridgehead atoms. The van der Waals surface area contributed by atoms with Gasteiger partial charge in [-0.15, -0.1) is 21.5 Å². The molecule has 3 aromatic rings. The second-order valence-electron chi connectivity index (χ2n) is 7.20. The van der Waals surface area contributed by atoms with Crippen LogP contribution in [-0.2, 0) is 21.3 Å². The van der Waals surface area contributed by atoms with Crippen molar-refractivity contribution in [3.8, 4) is 5.75 Å². The zero-order valence-corrected chi connectivity index (χ0v) is 22.0. The van der Waals surface area contributed by atoms with Gasteiger partial charge >= 0.3 is 11.9 Å². The molecule has 35 heavy (non-hydrogen) atoms. The van der Waals surface area contributed by atoms with E-state index in [9.17, 15) is 14.4 Å². The van der Waals surface area contributed by atoms with E-state index in [1.807, 2.05) is 6.92 Å². The number of methoxy groups -OCH3 is 2. The monoisotopic (exact) mass is 538 g/mol. The third-order valence-corrected chi connectivity index (χ3v) is 7.28. The van der Waals surface area contributed by atoms with Gasteiger partial charge in [-0.2, -0.15) is 0 Å². The molecule has 10 nitrogen and oxygen atoms in total. The summed E-state index contributed by atoms with van der Waals surface area (Å²) in [6, 6.07) is 7.03. The van der Waals surface area contributed by atoms with Crippen molar-refractivity contribution in [2.24, 2.45) is 7.05 Å². The minimum atomic E-state index is -0.663. The second kappa shape index (κ2) is 11.6. The molecule has 0 spiro atoms. The number of anilines is 1. The van der Waals surface area contributed by atoms with E-state index in [0.717, 1.165) is 23.1 Å². The molecule has 0 saturated carbocycles. The quantitative estimate of drug-likeness (QED) is 0.314. The highest BCUT2D eigenvalue weighted by Crippen LogP contribution is 2.34. The largest absolute Gasteiger partial charge is 0.483 e. The number of benzene rings is 1. The number of carbonyl (C=O) groups is 3. The SMILES string of the molecule is COC(=O)c1sc(NC(=O)CSc2nnc(C(C)Oc3cccc(Cl)c3)n2C)c(C(=O)OC)c1C. The number of nitrogens with zero attached hydrogens (tertiary/aromatic N) is 3. The number of thiophene rings is 1. The van der Waals surface area contributed by atoms with Crippen LogP contribution < -0.4 is 10.1 Å². The van der Waals surface area contributed by atoms with E-state index in [2.05, 4.69) is 15.5 Å². The molecule has 1 aromatic carbocycles. The number of amides is 1. The number of thioether (sulfide) groups is 1. The lowest BCUT2D eigenvalue weighted by molar-refractivity contribution is -0.113. The van der Waals surface area contributed by atoms with Crippen molar-refractivity contribution in [1.82, 2.24) is 14.8 Å². The van der Waals surface area contributed by atoms with Crippen LogP contribution in [0.2, 0.25) is 5.02 Å². The molecule has 0 aliphatic carbocycles. The molecule has 0 saturated heterocycles. The minimum absolute atomic E-state index is 0.0133. The molecule has 2 aromatic heterocycles. The topological polar surface area (TPSA) is 122 Å². The Bertz CT molecular complexity index is 1260. The number of rotatable bonds is 9. The molecule has 0 aliphatic heterocycles. The maximum Gasteiger partial charge on any atom is 0.348 e. The van der Waals surface area contributed by atoms with Crippen molar-refractivity contribution < 1.29 is 28.6 Å². The van der Waals surface area contributed by atoms with Gasteiger partial charge in [0.2, 0.25) is 5.91 Å². The normalized spacial score (nSPS) is 11.6. The fraction of sp³-hybridized carbons (Fsp3) is 0.318. The van der Waals surface area contributed by atoms with Gasteiger partial charge < -0.3 is 24.1 Å². The number of halogens is 1. The number of ether oxygens (including phenoxy) is 3. The van der Waals surface area contributed by atoms with Gasteiger partial charge in [0.05, 0.1) is 25.5 Å². The lowest BCUT2D eigenvalue weighted by atomic mass is 10.1. The number of nitrogens with one attached hydrogen (secondary N) is 1. The molecule has 1 atom stereocenters. The molecule has 1 N–H and O–H groups in total. The molecule has 0 aliphatic rings. The first-order valence-corrected chi connectivity index (χ1v) is 12.4. The van der Waals surface area contributed by atoms with Crippen molar-refractivity contribution in [2.45, 2.75) is 25.1 Å². The van der Waals surface area contributed by atoms with Gasteiger partial charge in [-0.1, -0.05) is 29.4 Å². The average Bonchev–Trinajstić information content (AvgIpc) is 3.35. The predicted octanol–water partition coefficient (Wildman–Crippen LogP) is 4.28. The van der Waals surface area contributed by atoms with E-state index in [4.69, 9.17) is 25.8 Å². The third kappa shape index (κ3) is 6.13. The maximum atomic E-state index is 12.6. The summed E-state index contributed by atoms with van der Waals surface area (Å²) in [6.45, 7) is 3.42. The van der Waals surface area contributed by atoms with Gasteiger partial charge in [-0.25, -0.2) is 9.59 Å². The number of hydrogen-bond acceptors (Lipinski definition) is 10. The predicted molar refractivity (Wildman–Crippen MR) is 133 cm³/mol. The molecule has 13 heteroatoms. The summed E-state index contributed by atoms with van der Waals surface area (Å²) in [5, 5.41) is 12.3. The first-order valence-electron chi connectivity index (χ1n) is 10.2. The Morgan fingerprint density at radius 2 is 1.91 bits per heavy atom. The van der Waals surface area contributed by atoms with E-state index >= 15 is 0 Å². The Balaban J connectivity index is 1.68. The molecular formula is C22H23ClN4O6S2. The first kappa shape index (κ1) is 26.5. The molecule has 0 radical (unpaired) electrons. The van der Waals surface area contributed by atoms with Crippen LogP contribution >= 0.6 is 34.7 Å². The molecule has 2 heterocycles. The Hall–Kier alpha value is -3.09. The van der Waals surface area contributed by atoms with E-state index in [-0.39, 0.29) is 21.2 Å². The van der Waals surface area contributed by atoms with Gasteiger partial charge in [-0.05, 0) is 37.6 Å². The highest BCUT2D eigenvalue weighted by molar-refractivity contribution is 7.99. The van der Waals surface area contributed by atoms with Gasteiger partial charge in [0.15, 0.2) is 17.1 Å². The number of esters is 2. The third-order valence-electron chi connectivity index (χ3n) is 4.83. The number of aromatic nitrogens is 3. The second-order valence-corrected chi connectivity index (χ2v) is 9.60. The van der Waals surface area contributed by atoms with Crippen molar-refractivity contribution >= 4 is 57.5 Å². The summed E-state index contributed by atoms with van der Waals surface area (Å²) < 4.78 is 17.2. The van der Waals surface area contributed by atoms with Crippen molar-refractivity contribution in [2.75, 3.05) is 25.3 Å². The minimum Gasteiger partial charge on any atom is -0.483 e. The lowest BCUT2D eigenvalue weighted by Crippen LogP contribution is -2.16. The smallest absolute Gasteiger partial charge is 0.348 e. The average molecular weight is 539 g/mol. The van der Waals surface area contributed by atoms with Crippen LogP contribution in [0.5, 0.6) is 5.75 Å². The molecular weight excluding hydrogens is 516 g/mol. The zero-order chi connectivity index (χ0) is 25.7. The van der Waals surface area contributed by atoms with Gasteiger partial charge in [0.1, 0.15) is 15.6 Å². The standard InChI is InChI=1S/C22H23ClN4O6S2/c1-11-16(20(29)31-4)19(35-17(11)21(30)32-5)24-15(28)10-34-22-26-25-18(27(22)3)12(2)33-14-8-6-7-13(23)9-14/h6-9,12H,10H2,1-5H3,(H,24,28). The van der Waals surface area contributed by atoms with E-state index in [1.165, 1.54) is 14.2 Å². The van der Waals surface area contributed by atoms with Gasteiger partial charge in [0.25, 0.3) is 0 Å². The summed E-state index contributed by atoms with van der Waals surface area (Å²) in [7, 11) is 4.24. The molecule has 0 fully saturated rings. The van der Waals surface area contributed by atoms with Gasteiger partial charge in [-0.3, -0.25) is 4.79 Å². The first-order chi connectivity index (χ1) is 16.7. The summed E-state index contributed by atoms with van der Waals surface area (Å²) in [5.74, 6) is -0.513. The van der Waals surface area contributed by atoms with Crippen LogP contribution in [0, 0.1) is 6.92 Å². The van der Waals surface area contributed by atoms with E-state index in [1.54, 1.807) is 42.8 Å². The highest BCUT2D eigenvalue weighted by atomic mass is 35.5. The van der Waals surface area contributed by atoms with Crippen LogP contribution in [0.25, 0.3) is 0 Å². The van der Waals surface area contributed by atoms with E-state index < -0.39 is 23.9 Å². The number of hydrogen-bond donors (Lipinski definition) is 1. The molecule has 1 unspecified atom stereocenters. The molecule has 1 amide bonds. The van der Waals surface area contributed by atoms with Gasteiger partial charge in [0, 0.05) is 12.1 Å². The fourth-order valence-corrected chi connectivity index (χ4v) is 5.16. The lowest BCUT2D eigenvalue weighted by Gasteiger charge is -2.14. The molecule has 186 valence electrons. The Labute approximate surface area is 214 Å². The van der Waals surface area contributed by atoms with Crippen LogP contribution in [0.15, 0.2) is 29.4 Å². The number of carbonyl (C=O) groups excluding carboxylic acids is 3. The van der Waals surface area contributed by atoms with Crippen LogP contribution in [0.1, 0.15) is 44.4 Å². The van der Waals surface area contributed by atoms with Crippen molar-refractivity contribution in [3.63, 3.8) is 0 Å². The van der Waals surface area contributed by atoms with Crippen LogP contribution in [0.3, 0.4) is 0 Å². The summed E-state index contributed by atoms with van der Waals surface area (Å²) >= 11 is 8.12. The Morgan fingerprint density at radius 1 is 1.20 bits per heavy atom. The molecule has 3 rings (SSSR count). The zero-order valence-electron chi connectivity index (χ0n) is 19.6. The summed E-state index contributed by atoms with van der Waals surface area (Å²) in [4.78, 5) is 37.1. The summed E-state index contributed by atoms with van der Waals surface area (Å²) in [6.07, 6.45) is -0.414. The Kier molecular flexibility index (Phi) is 8.76. The summed E-state index contributed by atoms with van der Waals surface area (Å²) in [5.41, 5.74) is 0.493. The van der Waals surface area contributed by atoms with Crippen molar-refractivity contribution in [1.29, 1.82) is 0 Å². The van der Waals surface area contributed by atoms with E-state index in [0.29, 0.717) is 27.3 Å². The van der Waals surface area contributed by atoms with Crippen molar-refractivity contribution in [3.05, 3.63) is 51.1 Å². The van der Waals surface area contributed by atoms with Crippen LogP contribution in [0.4, 0.5) is 5.00 Å². The fourth-order valence-electron chi connectivity index (χ4n) is 3.13.